The average molecular weight is 455 g/mol. The van der Waals surface area contributed by atoms with Crippen molar-refractivity contribution < 1.29 is 19.1 Å². The Hall–Kier alpha value is -1.92. The first kappa shape index (κ1) is 21.8. The van der Waals surface area contributed by atoms with Gasteiger partial charge in [0.15, 0.2) is 5.78 Å². The van der Waals surface area contributed by atoms with Gasteiger partial charge in [-0.05, 0) is 48.4 Å². The molecule has 0 N–H and O–H groups in total. The number of amides is 1. The van der Waals surface area contributed by atoms with Crippen LogP contribution in [-0.2, 0) is 14.3 Å². The lowest BCUT2D eigenvalue weighted by molar-refractivity contribution is -0.140. The molecule has 8 heteroatoms. The van der Waals surface area contributed by atoms with E-state index in [2.05, 4.69) is 0 Å². The molecule has 1 saturated heterocycles. The maximum atomic E-state index is 13.2. The molecule has 5 nitrogen and oxygen atoms in total. The van der Waals surface area contributed by atoms with Gasteiger partial charge in [0.2, 0.25) is 5.78 Å². The third kappa shape index (κ3) is 4.48. The third-order valence-electron chi connectivity index (χ3n) is 4.85. The predicted octanol–water partition coefficient (Wildman–Crippen LogP) is 4.63. The van der Waals surface area contributed by atoms with Gasteiger partial charge in [-0.3, -0.25) is 14.4 Å². The van der Waals surface area contributed by atoms with Gasteiger partial charge in [-0.1, -0.05) is 40.9 Å². The van der Waals surface area contributed by atoms with Crippen LogP contribution in [0.15, 0.2) is 42.5 Å². The second-order valence-electron chi connectivity index (χ2n) is 6.68. The van der Waals surface area contributed by atoms with E-state index in [1.54, 1.807) is 49.6 Å². The van der Waals surface area contributed by atoms with Crippen LogP contribution in [0.2, 0.25) is 15.1 Å². The lowest BCUT2D eigenvalue weighted by atomic mass is 9.86. The van der Waals surface area contributed by atoms with Gasteiger partial charge in [-0.25, -0.2) is 0 Å². The SMILES string of the molecule is COCCCN1C(=O)C(=O)C(C(=O)c2ccc(Cl)cc2)C1c1ccc(Cl)c(Cl)c1. The standard InChI is InChI=1S/C21H18Cl3NO4/c1-29-10-2-9-25-18(13-5-8-15(23)16(24)11-13)17(20(27)21(25)28)19(26)12-3-6-14(22)7-4-12/h3-8,11,17-18H,2,9-10H2,1H3. The number of likely N-dealkylation sites (tertiary alicyclic amines) is 1. The van der Waals surface area contributed by atoms with Crippen LogP contribution in [0, 0.1) is 5.92 Å². The van der Waals surface area contributed by atoms with Gasteiger partial charge in [0.1, 0.15) is 5.92 Å². The minimum atomic E-state index is -1.18. The number of hydrogen-bond acceptors (Lipinski definition) is 4. The molecule has 0 aromatic heterocycles. The van der Waals surface area contributed by atoms with Gasteiger partial charge in [0, 0.05) is 30.8 Å². The van der Waals surface area contributed by atoms with E-state index in [1.165, 1.54) is 4.90 Å². The Kier molecular flexibility index (Phi) is 6.96. The van der Waals surface area contributed by atoms with Crippen molar-refractivity contribution in [2.75, 3.05) is 20.3 Å². The van der Waals surface area contributed by atoms with Gasteiger partial charge < -0.3 is 9.64 Å². The molecule has 2 aromatic carbocycles. The molecule has 1 fully saturated rings. The molecule has 0 bridgehead atoms. The maximum Gasteiger partial charge on any atom is 0.291 e. The molecule has 0 radical (unpaired) electrons. The molecular formula is C21H18Cl3NO4. The molecule has 29 heavy (non-hydrogen) atoms. The number of benzene rings is 2. The minimum Gasteiger partial charge on any atom is -0.385 e. The van der Waals surface area contributed by atoms with Gasteiger partial charge in [0.05, 0.1) is 16.1 Å². The summed E-state index contributed by atoms with van der Waals surface area (Å²) in [4.78, 5) is 40.2. The Morgan fingerprint density at radius 2 is 1.72 bits per heavy atom. The molecular weight excluding hydrogens is 437 g/mol. The molecule has 152 valence electrons. The zero-order valence-electron chi connectivity index (χ0n) is 15.5. The second-order valence-corrected chi connectivity index (χ2v) is 7.93. The van der Waals surface area contributed by atoms with Crippen LogP contribution in [0.25, 0.3) is 0 Å². The minimum absolute atomic E-state index is 0.272. The molecule has 0 saturated carbocycles. The lowest BCUT2D eigenvalue weighted by Crippen LogP contribution is -2.32. The first-order valence-electron chi connectivity index (χ1n) is 8.93. The lowest BCUT2D eigenvalue weighted by Gasteiger charge is -2.27. The molecule has 1 heterocycles. The zero-order valence-corrected chi connectivity index (χ0v) is 17.8. The number of nitrogens with zero attached hydrogens (tertiary/aromatic N) is 1. The van der Waals surface area contributed by atoms with Crippen molar-refractivity contribution in [1.29, 1.82) is 0 Å². The molecule has 2 atom stereocenters. The third-order valence-corrected chi connectivity index (χ3v) is 5.84. The van der Waals surface area contributed by atoms with E-state index in [9.17, 15) is 14.4 Å². The number of carbonyl (C=O) groups excluding carboxylic acids is 3. The van der Waals surface area contributed by atoms with E-state index in [4.69, 9.17) is 39.5 Å². The Labute approximate surface area is 183 Å². The number of Topliss-reactive ketones (excluding diaryl/α,β-unsaturated/α-hetero) is 2. The smallest absolute Gasteiger partial charge is 0.291 e. The van der Waals surface area contributed by atoms with E-state index in [0.29, 0.717) is 34.2 Å². The van der Waals surface area contributed by atoms with Crippen molar-refractivity contribution in [3.05, 3.63) is 68.7 Å². The van der Waals surface area contributed by atoms with Crippen molar-refractivity contribution in [2.45, 2.75) is 12.5 Å². The normalized spacial score (nSPS) is 19.1. The molecule has 1 amide bonds. The number of rotatable bonds is 7. The highest BCUT2D eigenvalue weighted by Gasteiger charge is 2.51. The fourth-order valence-electron chi connectivity index (χ4n) is 3.47. The van der Waals surface area contributed by atoms with Crippen molar-refractivity contribution in [2.24, 2.45) is 5.92 Å². The van der Waals surface area contributed by atoms with Gasteiger partial charge in [0.25, 0.3) is 5.91 Å². The van der Waals surface area contributed by atoms with Gasteiger partial charge in [-0.2, -0.15) is 0 Å². The number of ether oxygens (including phenoxy) is 1. The Balaban J connectivity index is 2.04. The molecule has 2 aromatic rings. The van der Waals surface area contributed by atoms with Crippen LogP contribution >= 0.6 is 34.8 Å². The highest BCUT2D eigenvalue weighted by molar-refractivity contribution is 6.44. The van der Waals surface area contributed by atoms with E-state index >= 15 is 0 Å². The van der Waals surface area contributed by atoms with Crippen molar-refractivity contribution in [3.8, 4) is 0 Å². The number of halogens is 3. The fourth-order valence-corrected chi connectivity index (χ4v) is 3.90. The van der Waals surface area contributed by atoms with Crippen LogP contribution in [0.3, 0.4) is 0 Å². The summed E-state index contributed by atoms with van der Waals surface area (Å²) in [5, 5.41) is 1.10. The number of carbonyl (C=O) groups is 3. The monoisotopic (exact) mass is 453 g/mol. The molecule has 0 spiro atoms. The number of ketones is 2. The van der Waals surface area contributed by atoms with Crippen LogP contribution < -0.4 is 0 Å². The molecule has 2 unspecified atom stereocenters. The summed E-state index contributed by atoms with van der Waals surface area (Å²) in [7, 11) is 1.56. The van der Waals surface area contributed by atoms with Crippen LogP contribution in [-0.4, -0.2) is 42.6 Å². The van der Waals surface area contributed by atoms with E-state index < -0.39 is 29.4 Å². The first-order valence-corrected chi connectivity index (χ1v) is 10.1. The number of methoxy groups -OCH3 is 1. The van der Waals surface area contributed by atoms with Crippen LogP contribution in [0.5, 0.6) is 0 Å². The van der Waals surface area contributed by atoms with Gasteiger partial charge >= 0.3 is 0 Å². The van der Waals surface area contributed by atoms with Crippen molar-refractivity contribution in [3.63, 3.8) is 0 Å². The predicted molar refractivity (Wildman–Crippen MR) is 112 cm³/mol. The molecule has 0 aliphatic carbocycles. The molecule has 1 aliphatic heterocycles. The molecule has 3 rings (SSSR count). The first-order chi connectivity index (χ1) is 13.8. The van der Waals surface area contributed by atoms with E-state index in [1.807, 2.05) is 0 Å². The Bertz CT molecular complexity index is 945. The summed E-state index contributed by atoms with van der Waals surface area (Å²) < 4.78 is 5.05. The highest BCUT2D eigenvalue weighted by atomic mass is 35.5. The fraction of sp³-hybridized carbons (Fsp3) is 0.286. The largest absolute Gasteiger partial charge is 0.385 e. The summed E-state index contributed by atoms with van der Waals surface area (Å²) in [5.41, 5.74) is 0.882. The summed E-state index contributed by atoms with van der Waals surface area (Å²) in [6.45, 7) is 0.690. The topological polar surface area (TPSA) is 63.7 Å². The second kappa shape index (κ2) is 9.26. The summed E-state index contributed by atoms with van der Waals surface area (Å²) in [5.74, 6) is -3.04. The summed E-state index contributed by atoms with van der Waals surface area (Å²) in [6, 6.07) is 10.3. The van der Waals surface area contributed by atoms with E-state index in [0.717, 1.165) is 0 Å². The Morgan fingerprint density at radius 3 is 2.34 bits per heavy atom. The average Bonchev–Trinajstić information content (AvgIpc) is 2.95. The quantitative estimate of drug-likeness (QED) is 0.265. The number of hydrogen-bond donors (Lipinski definition) is 0. The summed E-state index contributed by atoms with van der Waals surface area (Å²) >= 11 is 18.1. The van der Waals surface area contributed by atoms with Crippen molar-refractivity contribution >= 4 is 52.3 Å². The van der Waals surface area contributed by atoms with Gasteiger partial charge in [-0.15, -0.1) is 0 Å². The molecule has 1 aliphatic rings. The maximum absolute atomic E-state index is 13.2. The van der Waals surface area contributed by atoms with Crippen LogP contribution in [0.1, 0.15) is 28.4 Å². The van der Waals surface area contributed by atoms with Crippen LogP contribution in [0.4, 0.5) is 0 Å². The van der Waals surface area contributed by atoms with E-state index in [-0.39, 0.29) is 11.6 Å². The van der Waals surface area contributed by atoms with Crippen molar-refractivity contribution in [1.82, 2.24) is 4.90 Å². The zero-order chi connectivity index (χ0) is 21.1. The summed E-state index contributed by atoms with van der Waals surface area (Å²) in [6.07, 6.45) is 0.523. The Morgan fingerprint density at radius 1 is 1.03 bits per heavy atom. The highest BCUT2D eigenvalue weighted by Crippen LogP contribution is 2.40.